The number of anilines is 1. The molecular weight excluding hydrogens is 590 g/mol. The Morgan fingerprint density at radius 3 is 2.23 bits per heavy atom. The van der Waals surface area contributed by atoms with Gasteiger partial charge < -0.3 is 19.7 Å². The highest BCUT2D eigenvalue weighted by Gasteiger charge is 2.33. The number of hydrogen-bond donors (Lipinski definition) is 1. The molecule has 1 saturated carbocycles. The van der Waals surface area contributed by atoms with Crippen LogP contribution in [-0.4, -0.2) is 64.5 Å². The van der Waals surface area contributed by atoms with Crippen LogP contribution < -0.4 is 19.1 Å². The van der Waals surface area contributed by atoms with Gasteiger partial charge in [-0.25, -0.2) is 8.42 Å². The number of carbonyl (C=O) groups is 2. The fourth-order valence-corrected chi connectivity index (χ4v) is 6.76. The van der Waals surface area contributed by atoms with Crippen molar-refractivity contribution in [3.8, 4) is 11.5 Å². The van der Waals surface area contributed by atoms with Gasteiger partial charge in [-0.05, 0) is 68.1 Å². The molecule has 2 amide bonds. The van der Waals surface area contributed by atoms with E-state index in [1.165, 1.54) is 37.3 Å². The quantitative estimate of drug-likeness (QED) is 0.284. The predicted octanol–water partition coefficient (Wildman–Crippen LogP) is 5.07. The molecule has 0 saturated heterocycles. The van der Waals surface area contributed by atoms with Crippen molar-refractivity contribution < 1.29 is 27.5 Å². The first-order chi connectivity index (χ1) is 20.6. The molecule has 1 N–H and O–H groups in total. The number of amides is 2. The van der Waals surface area contributed by atoms with Crippen LogP contribution in [0.3, 0.4) is 0 Å². The van der Waals surface area contributed by atoms with Crippen molar-refractivity contribution in [2.24, 2.45) is 0 Å². The largest absolute Gasteiger partial charge is 0.493 e. The number of ether oxygens (including phenoxy) is 2. The lowest BCUT2D eigenvalue weighted by atomic mass is 10.1. The number of sulfonamides is 1. The highest BCUT2D eigenvalue weighted by Crippen LogP contribution is 2.32. The Labute approximate surface area is 258 Å². The molecule has 0 aliphatic heterocycles. The van der Waals surface area contributed by atoms with E-state index in [1.807, 2.05) is 30.3 Å². The third-order valence-corrected chi connectivity index (χ3v) is 9.71. The topological polar surface area (TPSA) is 105 Å². The van der Waals surface area contributed by atoms with Gasteiger partial charge in [0, 0.05) is 23.7 Å². The van der Waals surface area contributed by atoms with Gasteiger partial charge in [-0.1, -0.05) is 54.8 Å². The minimum atomic E-state index is -4.28. The van der Waals surface area contributed by atoms with Crippen molar-refractivity contribution in [1.82, 2.24) is 10.2 Å². The summed E-state index contributed by atoms with van der Waals surface area (Å²) < 4.78 is 39.8. The average Bonchev–Trinajstić information content (AvgIpc) is 3.53. The molecule has 0 bridgehead atoms. The molecule has 9 nitrogen and oxygen atoms in total. The lowest BCUT2D eigenvalue weighted by Crippen LogP contribution is -2.53. The maximum Gasteiger partial charge on any atom is 0.264 e. The Morgan fingerprint density at radius 2 is 1.60 bits per heavy atom. The third-order valence-electron chi connectivity index (χ3n) is 7.69. The van der Waals surface area contributed by atoms with Crippen LogP contribution in [0.25, 0.3) is 0 Å². The number of hydrogen-bond acceptors (Lipinski definition) is 6. The number of nitrogens with one attached hydrogen (secondary N) is 1. The second-order valence-corrected chi connectivity index (χ2v) is 12.8. The van der Waals surface area contributed by atoms with Crippen molar-refractivity contribution in [3.63, 3.8) is 0 Å². The second kappa shape index (κ2) is 14.6. The molecule has 0 spiro atoms. The standard InChI is InChI=1S/C32H38ClN3O6S/c1-23(32(38)34-26-11-7-8-12-26)35(20-19-24-9-5-4-6-10-24)31(37)22-36(27-15-13-25(33)14-16-27)43(39,40)28-17-18-29(41-2)30(21-28)42-3/h4-6,9-10,13-18,21,23,26H,7-8,11-12,19-20,22H2,1-3H3,(H,34,38). The van der Waals surface area contributed by atoms with Gasteiger partial charge in [0.05, 0.1) is 24.8 Å². The SMILES string of the molecule is COc1ccc(S(=O)(=O)N(CC(=O)N(CCc2ccccc2)C(C)C(=O)NC2CCCC2)c2ccc(Cl)cc2)cc1OC. The molecule has 0 heterocycles. The normalized spacial score (nSPS) is 14.1. The maximum atomic E-state index is 14.1. The van der Waals surface area contributed by atoms with Gasteiger partial charge in [0.15, 0.2) is 11.5 Å². The predicted molar refractivity (Wildman–Crippen MR) is 167 cm³/mol. The first kappa shape index (κ1) is 32.2. The Morgan fingerprint density at radius 1 is 0.953 bits per heavy atom. The average molecular weight is 628 g/mol. The first-order valence-electron chi connectivity index (χ1n) is 14.3. The Bertz CT molecular complexity index is 1500. The lowest BCUT2D eigenvalue weighted by Gasteiger charge is -2.32. The van der Waals surface area contributed by atoms with E-state index in [0.717, 1.165) is 35.6 Å². The zero-order valence-electron chi connectivity index (χ0n) is 24.7. The monoisotopic (exact) mass is 627 g/mol. The summed E-state index contributed by atoms with van der Waals surface area (Å²) >= 11 is 6.10. The van der Waals surface area contributed by atoms with E-state index in [1.54, 1.807) is 31.2 Å². The van der Waals surface area contributed by atoms with Gasteiger partial charge in [-0.3, -0.25) is 13.9 Å². The van der Waals surface area contributed by atoms with Crippen molar-refractivity contribution >= 4 is 39.1 Å². The lowest BCUT2D eigenvalue weighted by molar-refractivity contribution is -0.139. The minimum absolute atomic E-state index is 0.0806. The summed E-state index contributed by atoms with van der Waals surface area (Å²) in [7, 11) is -1.41. The summed E-state index contributed by atoms with van der Waals surface area (Å²) in [5.74, 6) is -0.171. The minimum Gasteiger partial charge on any atom is -0.493 e. The molecule has 230 valence electrons. The summed E-state index contributed by atoms with van der Waals surface area (Å²) in [5, 5.41) is 3.49. The van der Waals surface area contributed by atoms with Gasteiger partial charge in [0.25, 0.3) is 10.0 Å². The molecule has 3 aromatic carbocycles. The molecule has 1 fully saturated rings. The molecular formula is C32H38ClN3O6S. The fourth-order valence-electron chi connectivity index (χ4n) is 5.20. The van der Waals surface area contributed by atoms with E-state index in [0.29, 0.717) is 17.2 Å². The van der Waals surface area contributed by atoms with Gasteiger partial charge in [0.2, 0.25) is 11.8 Å². The van der Waals surface area contributed by atoms with Crippen LogP contribution >= 0.6 is 11.6 Å². The highest BCUT2D eigenvalue weighted by atomic mass is 35.5. The van der Waals surface area contributed by atoms with Gasteiger partial charge >= 0.3 is 0 Å². The molecule has 4 rings (SSSR count). The van der Waals surface area contributed by atoms with Crippen molar-refractivity contribution in [1.29, 1.82) is 0 Å². The van der Waals surface area contributed by atoms with Crippen LogP contribution in [0.2, 0.25) is 5.02 Å². The van der Waals surface area contributed by atoms with E-state index in [9.17, 15) is 18.0 Å². The third kappa shape index (κ3) is 8.00. The first-order valence-corrected chi connectivity index (χ1v) is 16.1. The summed E-state index contributed by atoms with van der Waals surface area (Å²) in [6, 6.07) is 19.4. The number of nitrogens with zero attached hydrogens (tertiary/aromatic N) is 2. The van der Waals surface area contributed by atoms with Crippen molar-refractivity contribution in [3.05, 3.63) is 83.4 Å². The van der Waals surface area contributed by atoms with Crippen LogP contribution in [0.1, 0.15) is 38.2 Å². The Hall–Kier alpha value is -3.76. The van der Waals surface area contributed by atoms with Gasteiger partial charge in [-0.2, -0.15) is 0 Å². The molecule has 1 aliphatic carbocycles. The van der Waals surface area contributed by atoms with E-state index < -0.39 is 28.5 Å². The summed E-state index contributed by atoms with van der Waals surface area (Å²) in [5.41, 5.74) is 1.25. The van der Waals surface area contributed by atoms with E-state index in [2.05, 4.69) is 5.32 Å². The number of rotatable bonds is 13. The zero-order valence-corrected chi connectivity index (χ0v) is 26.2. The molecule has 3 aromatic rings. The van der Waals surface area contributed by atoms with E-state index in [-0.39, 0.29) is 34.8 Å². The summed E-state index contributed by atoms with van der Waals surface area (Å²) in [6.07, 6.45) is 4.42. The molecule has 1 unspecified atom stereocenters. The van der Waals surface area contributed by atoms with E-state index in [4.69, 9.17) is 21.1 Å². The zero-order chi connectivity index (χ0) is 31.0. The fraction of sp³-hybridized carbons (Fsp3) is 0.375. The number of carbonyl (C=O) groups excluding carboxylic acids is 2. The number of benzene rings is 3. The summed E-state index contributed by atoms with van der Waals surface area (Å²) in [4.78, 5) is 28.8. The van der Waals surface area contributed by atoms with Gasteiger partial charge in [0.1, 0.15) is 12.6 Å². The van der Waals surface area contributed by atoms with Crippen molar-refractivity contribution in [2.45, 2.75) is 56.0 Å². The van der Waals surface area contributed by atoms with E-state index >= 15 is 0 Å². The number of methoxy groups -OCH3 is 2. The number of halogens is 1. The van der Waals surface area contributed by atoms with Crippen LogP contribution in [0.5, 0.6) is 11.5 Å². The molecule has 11 heteroatoms. The molecule has 43 heavy (non-hydrogen) atoms. The highest BCUT2D eigenvalue weighted by molar-refractivity contribution is 7.92. The molecule has 1 aliphatic rings. The molecule has 0 aromatic heterocycles. The molecule has 1 atom stereocenters. The Kier molecular flexibility index (Phi) is 10.9. The summed E-state index contributed by atoms with van der Waals surface area (Å²) in [6.45, 7) is 1.38. The molecule has 0 radical (unpaired) electrons. The van der Waals surface area contributed by atoms with Crippen LogP contribution in [-0.2, 0) is 26.0 Å². The van der Waals surface area contributed by atoms with Gasteiger partial charge in [-0.15, -0.1) is 0 Å². The Balaban J connectivity index is 1.67. The van der Waals surface area contributed by atoms with Crippen molar-refractivity contribution in [2.75, 3.05) is 31.6 Å². The maximum absolute atomic E-state index is 14.1. The second-order valence-electron chi connectivity index (χ2n) is 10.5. The van der Waals surface area contributed by atoms with Crippen LogP contribution in [0, 0.1) is 0 Å². The smallest absolute Gasteiger partial charge is 0.264 e. The van der Waals surface area contributed by atoms with Crippen LogP contribution in [0.15, 0.2) is 77.7 Å². The van der Waals surface area contributed by atoms with Crippen LogP contribution in [0.4, 0.5) is 5.69 Å².